The number of ether oxygens (including phenoxy) is 1. The van der Waals surface area contributed by atoms with E-state index in [0.29, 0.717) is 0 Å². The van der Waals surface area contributed by atoms with Gasteiger partial charge in [0.25, 0.3) is 0 Å². The Kier molecular flexibility index (Phi) is 6.87. The molecule has 39 heavy (non-hydrogen) atoms. The Morgan fingerprint density at radius 2 is 1.56 bits per heavy atom. The van der Waals surface area contributed by atoms with E-state index in [4.69, 9.17) is 21.9 Å². The van der Waals surface area contributed by atoms with Gasteiger partial charge in [0.05, 0.1) is 31.0 Å². The van der Waals surface area contributed by atoms with Gasteiger partial charge in [0, 0.05) is 47.7 Å². The molecule has 2 saturated heterocycles. The molecule has 0 unspecified atom stereocenters. The van der Waals surface area contributed by atoms with Crippen LogP contribution in [-0.4, -0.2) is 41.0 Å². The van der Waals surface area contributed by atoms with Gasteiger partial charge in [-0.05, 0) is 111 Å². The minimum atomic E-state index is -0.0713. The average molecular weight is 538 g/mol. The van der Waals surface area contributed by atoms with E-state index in [2.05, 4.69) is 102 Å². The molecule has 2 aliphatic rings. The first-order valence-corrected chi connectivity index (χ1v) is 14.0. The lowest BCUT2D eigenvalue weighted by Crippen LogP contribution is -2.36. The zero-order chi connectivity index (χ0) is 27.1. The van der Waals surface area contributed by atoms with Crippen molar-refractivity contribution in [2.75, 3.05) is 36.1 Å². The Balaban J connectivity index is 1.42. The summed E-state index contributed by atoms with van der Waals surface area (Å²) in [6, 6.07) is 23.8. The maximum absolute atomic E-state index is 5.97. The number of nitrogens with one attached hydrogen (secondary N) is 1. The van der Waals surface area contributed by atoms with Gasteiger partial charge in [0.15, 0.2) is 5.11 Å². The number of benzene rings is 2. The number of thiocarbonyl (C=S) groups is 1. The molecular weight excluding hydrogens is 502 g/mol. The summed E-state index contributed by atoms with van der Waals surface area (Å²) in [7, 11) is 0. The predicted molar refractivity (Wildman–Crippen MR) is 162 cm³/mol. The van der Waals surface area contributed by atoms with E-state index in [1.165, 1.54) is 33.8 Å². The highest BCUT2D eigenvalue weighted by atomic mass is 32.1. The molecule has 4 heterocycles. The number of aromatic nitrogens is 2. The molecule has 0 saturated carbocycles. The van der Waals surface area contributed by atoms with E-state index in [9.17, 15) is 0 Å². The van der Waals surface area contributed by atoms with Gasteiger partial charge in [-0.2, -0.15) is 0 Å². The van der Waals surface area contributed by atoms with Crippen molar-refractivity contribution in [3.05, 3.63) is 107 Å². The Morgan fingerprint density at radius 1 is 0.846 bits per heavy atom. The summed E-state index contributed by atoms with van der Waals surface area (Å²) >= 11 is 5.97. The Labute approximate surface area is 236 Å². The lowest BCUT2D eigenvalue weighted by Gasteiger charge is -2.29. The van der Waals surface area contributed by atoms with E-state index in [1.54, 1.807) is 0 Å². The number of hydrogen-bond donors (Lipinski definition) is 1. The van der Waals surface area contributed by atoms with Crippen molar-refractivity contribution >= 4 is 28.7 Å². The molecule has 0 radical (unpaired) electrons. The second-order valence-corrected chi connectivity index (χ2v) is 10.9. The van der Waals surface area contributed by atoms with Crippen LogP contribution in [-0.2, 0) is 4.74 Å². The highest BCUT2D eigenvalue weighted by Gasteiger charge is 2.42. The van der Waals surface area contributed by atoms with Crippen LogP contribution in [0.4, 0.5) is 11.4 Å². The second kappa shape index (κ2) is 10.5. The number of hydrogen-bond acceptors (Lipinski definition) is 4. The average Bonchev–Trinajstić information content (AvgIpc) is 3.46. The van der Waals surface area contributed by atoms with Crippen molar-refractivity contribution in [3.63, 3.8) is 0 Å². The third kappa shape index (κ3) is 4.70. The lowest BCUT2D eigenvalue weighted by atomic mass is 9.96. The third-order valence-corrected chi connectivity index (χ3v) is 8.45. The zero-order valence-corrected chi connectivity index (χ0v) is 23.8. The molecule has 2 aromatic heterocycles. The van der Waals surface area contributed by atoms with E-state index in [1.807, 2.05) is 18.3 Å². The molecule has 4 aromatic rings. The van der Waals surface area contributed by atoms with Crippen molar-refractivity contribution < 1.29 is 4.74 Å². The molecule has 0 aliphatic carbocycles. The molecule has 7 heteroatoms. The molecule has 1 N–H and O–H groups in total. The quantitative estimate of drug-likeness (QED) is 0.310. The van der Waals surface area contributed by atoms with Gasteiger partial charge in [-0.1, -0.05) is 12.1 Å². The van der Waals surface area contributed by atoms with E-state index >= 15 is 0 Å². The van der Waals surface area contributed by atoms with Gasteiger partial charge in [-0.3, -0.25) is 4.98 Å². The monoisotopic (exact) mass is 537 g/mol. The summed E-state index contributed by atoms with van der Waals surface area (Å²) in [5.74, 6) is 0. The van der Waals surface area contributed by atoms with Crippen LogP contribution in [0.3, 0.4) is 0 Å². The normalized spacial score (nSPS) is 19.4. The van der Waals surface area contributed by atoms with Gasteiger partial charge in [0.2, 0.25) is 0 Å². The first kappa shape index (κ1) is 25.6. The summed E-state index contributed by atoms with van der Waals surface area (Å²) < 4.78 is 7.88. The van der Waals surface area contributed by atoms with Crippen molar-refractivity contribution in [3.8, 4) is 5.69 Å². The molecule has 2 aromatic carbocycles. The van der Waals surface area contributed by atoms with Crippen LogP contribution >= 0.6 is 12.2 Å². The Morgan fingerprint density at radius 3 is 2.26 bits per heavy atom. The second-order valence-electron chi connectivity index (χ2n) is 10.5. The number of pyridine rings is 1. The van der Waals surface area contributed by atoms with Gasteiger partial charge in [-0.15, -0.1) is 0 Å². The maximum atomic E-state index is 5.97. The fraction of sp³-hybridized carbons (Fsp3) is 0.312. The summed E-state index contributed by atoms with van der Waals surface area (Å²) in [4.78, 5) is 9.39. The largest absolute Gasteiger partial charge is 0.378 e. The molecular formula is C32H35N5OS. The summed E-state index contributed by atoms with van der Waals surface area (Å²) in [6.45, 7) is 12.1. The molecule has 2 fully saturated rings. The molecule has 2 aliphatic heterocycles. The number of aryl methyl sites for hydroxylation is 3. The van der Waals surface area contributed by atoms with Crippen molar-refractivity contribution in [2.45, 2.75) is 39.8 Å². The van der Waals surface area contributed by atoms with Crippen LogP contribution in [0.1, 0.15) is 45.9 Å². The van der Waals surface area contributed by atoms with Crippen LogP contribution in [0.2, 0.25) is 0 Å². The molecule has 0 bridgehead atoms. The summed E-state index contributed by atoms with van der Waals surface area (Å²) in [5, 5.41) is 4.33. The number of nitrogens with zero attached hydrogens (tertiary/aromatic N) is 4. The van der Waals surface area contributed by atoms with Crippen molar-refractivity contribution in [1.82, 2.24) is 14.9 Å². The summed E-state index contributed by atoms with van der Waals surface area (Å²) in [6.07, 6.45) is 1.86. The minimum Gasteiger partial charge on any atom is -0.378 e. The molecule has 0 spiro atoms. The van der Waals surface area contributed by atoms with Gasteiger partial charge < -0.3 is 24.4 Å². The first-order chi connectivity index (χ1) is 18.9. The van der Waals surface area contributed by atoms with E-state index in [0.717, 1.165) is 48.5 Å². The van der Waals surface area contributed by atoms with Crippen molar-refractivity contribution in [2.24, 2.45) is 0 Å². The van der Waals surface area contributed by atoms with Crippen molar-refractivity contribution in [1.29, 1.82) is 0 Å². The van der Waals surface area contributed by atoms with Gasteiger partial charge in [-0.25, -0.2) is 0 Å². The fourth-order valence-corrected chi connectivity index (χ4v) is 6.29. The van der Waals surface area contributed by atoms with Crippen LogP contribution in [0.5, 0.6) is 0 Å². The number of anilines is 2. The third-order valence-electron chi connectivity index (χ3n) is 8.14. The highest BCUT2D eigenvalue weighted by Crippen LogP contribution is 2.44. The smallest absolute Gasteiger partial charge is 0.174 e. The standard InChI is InChI=1S/C32H35N5OS/c1-21-8-9-27(19-22(21)2)37-31(30(34-32(37)39)29-7-5-6-14-33-29)28-20-23(3)36(24(28)4)26-12-10-25(11-13-26)35-15-17-38-18-16-35/h5-14,19-20,30-31H,15-18H2,1-4H3,(H,34,39)/t30-,31-/m1/s1. The molecule has 200 valence electrons. The zero-order valence-electron chi connectivity index (χ0n) is 23.0. The van der Waals surface area contributed by atoms with Crippen LogP contribution in [0.25, 0.3) is 5.69 Å². The number of morpholine rings is 1. The minimum absolute atomic E-state index is 0.0397. The van der Waals surface area contributed by atoms with Crippen LogP contribution in [0.15, 0.2) is 72.9 Å². The van der Waals surface area contributed by atoms with E-state index in [-0.39, 0.29) is 12.1 Å². The van der Waals surface area contributed by atoms with Crippen LogP contribution < -0.4 is 15.1 Å². The lowest BCUT2D eigenvalue weighted by molar-refractivity contribution is 0.122. The van der Waals surface area contributed by atoms with Gasteiger partial charge in [0.1, 0.15) is 0 Å². The molecule has 6 rings (SSSR count). The fourth-order valence-electron chi connectivity index (χ4n) is 5.94. The summed E-state index contributed by atoms with van der Waals surface area (Å²) in [5.41, 5.74) is 10.6. The molecule has 6 nitrogen and oxygen atoms in total. The van der Waals surface area contributed by atoms with E-state index < -0.39 is 0 Å². The molecule has 0 amide bonds. The highest BCUT2D eigenvalue weighted by molar-refractivity contribution is 7.80. The SMILES string of the molecule is Cc1ccc(N2C(=S)N[C@H](c3ccccn3)[C@H]2c2cc(C)n(-c3ccc(N4CCOCC4)cc3)c2C)cc1C. The molecule has 2 atom stereocenters. The van der Waals surface area contributed by atoms with Gasteiger partial charge >= 0.3 is 0 Å². The van der Waals surface area contributed by atoms with Crippen LogP contribution in [0, 0.1) is 27.7 Å². The predicted octanol–water partition coefficient (Wildman–Crippen LogP) is 6.12. The topological polar surface area (TPSA) is 45.6 Å². The first-order valence-electron chi connectivity index (χ1n) is 13.6. The maximum Gasteiger partial charge on any atom is 0.174 e. The Bertz CT molecular complexity index is 1490. The Hall–Kier alpha value is -3.68. The number of rotatable bonds is 5.